The van der Waals surface area contributed by atoms with Crippen molar-refractivity contribution in [3.63, 3.8) is 0 Å². The van der Waals surface area contributed by atoms with E-state index in [1.54, 1.807) is 12.4 Å². The molecule has 0 saturated carbocycles. The van der Waals surface area contributed by atoms with Crippen molar-refractivity contribution in [3.05, 3.63) is 89.7 Å². The van der Waals surface area contributed by atoms with Crippen LogP contribution in [0, 0.1) is 0 Å². The summed E-state index contributed by atoms with van der Waals surface area (Å²) in [6.45, 7) is 0. The van der Waals surface area contributed by atoms with Gasteiger partial charge in [0.2, 0.25) is 0 Å². The first kappa shape index (κ1) is 15.7. The molecule has 0 bridgehead atoms. The van der Waals surface area contributed by atoms with Crippen LogP contribution in [-0.4, -0.2) is 15.0 Å². The predicted octanol–water partition coefficient (Wildman–Crippen LogP) is 5.64. The number of aromatic nitrogens is 3. The van der Waals surface area contributed by atoms with E-state index in [0.717, 1.165) is 38.4 Å². The molecule has 0 saturated heterocycles. The highest BCUT2D eigenvalue weighted by Gasteiger charge is 2.12. The molecule has 3 heterocycles. The minimum atomic E-state index is 0.828. The Labute approximate surface area is 154 Å². The van der Waals surface area contributed by atoms with Crippen molar-refractivity contribution in [1.29, 1.82) is 0 Å². The van der Waals surface area contributed by atoms with Gasteiger partial charge in [0.15, 0.2) is 0 Å². The van der Waals surface area contributed by atoms with E-state index in [4.69, 9.17) is 4.98 Å². The van der Waals surface area contributed by atoms with Crippen LogP contribution in [0.2, 0.25) is 0 Å². The second-order valence-electron chi connectivity index (χ2n) is 5.50. The number of pyridine rings is 3. The maximum absolute atomic E-state index is 4.79. The summed E-state index contributed by atoms with van der Waals surface area (Å²) < 4.78 is 1.03. The molecule has 4 rings (SSSR count). The lowest BCUT2D eigenvalue weighted by atomic mass is 10.0. The van der Waals surface area contributed by atoms with Gasteiger partial charge >= 0.3 is 0 Å². The monoisotopic (exact) mass is 387 g/mol. The Balaban J connectivity index is 1.86. The standard InChI is InChI=1S/C21H14BrN3/c22-17-9-2-1-7-15(17)16-8-6-14-24-21(16)20-12-5-11-19(25-20)18-10-3-4-13-23-18/h1-14H. The Morgan fingerprint density at radius 1 is 0.560 bits per heavy atom. The van der Waals surface area contributed by atoms with Crippen molar-refractivity contribution in [2.24, 2.45) is 0 Å². The van der Waals surface area contributed by atoms with Crippen LogP contribution in [0.25, 0.3) is 33.9 Å². The third-order valence-electron chi connectivity index (χ3n) is 3.89. The molecule has 25 heavy (non-hydrogen) atoms. The molecule has 0 N–H and O–H groups in total. The highest BCUT2D eigenvalue weighted by Crippen LogP contribution is 2.34. The van der Waals surface area contributed by atoms with Gasteiger partial charge in [0, 0.05) is 22.4 Å². The van der Waals surface area contributed by atoms with Crippen LogP contribution in [0.5, 0.6) is 0 Å². The fraction of sp³-hybridized carbons (Fsp3) is 0. The number of rotatable bonds is 3. The van der Waals surface area contributed by atoms with E-state index >= 15 is 0 Å². The average Bonchev–Trinajstić information content (AvgIpc) is 2.69. The summed E-state index contributed by atoms with van der Waals surface area (Å²) in [7, 11) is 0. The van der Waals surface area contributed by atoms with Gasteiger partial charge in [0.1, 0.15) is 0 Å². The molecule has 0 radical (unpaired) electrons. The zero-order chi connectivity index (χ0) is 17.1. The maximum Gasteiger partial charge on any atom is 0.0965 e. The number of halogens is 1. The Bertz CT molecular complexity index is 1020. The lowest BCUT2D eigenvalue weighted by molar-refractivity contribution is 1.22. The Hall–Kier alpha value is -2.85. The van der Waals surface area contributed by atoms with E-state index in [-0.39, 0.29) is 0 Å². The molecule has 0 fully saturated rings. The largest absolute Gasteiger partial charge is 0.255 e. The molecule has 120 valence electrons. The molecule has 0 amide bonds. The van der Waals surface area contributed by atoms with Gasteiger partial charge in [-0.3, -0.25) is 9.97 Å². The van der Waals surface area contributed by atoms with Crippen LogP contribution in [0.3, 0.4) is 0 Å². The van der Waals surface area contributed by atoms with Gasteiger partial charge in [0.05, 0.1) is 22.8 Å². The highest BCUT2D eigenvalue weighted by atomic mass is 79.9. The molecule has 3 aromatic heterocycles. The van der Waals surface area contributed by atoms with Crippen LogP contribution >= 0.6 is 15.9 Å². The number of hydrogen-bond donors (Lipinski definition) is 0. The first-order chi connectivity index (χ1) is 12.3. The van der Waals surface area contributed by atoms with Crippen molar-refractivity contribution >= 4 is 15.9 Å². The summed E-state index contributed by atoms with van der Waals surface area (Å²) in [5.74, 6) is 0. The molecular weight excluding hydrogens is 374 g/mol. The smallest absolute Gasteiger partial charge is 0.0965 e. The number of hydrogen-bond acceptors (Lipinski definition) is 3. The average molecular weight is 388 g/mol. The van der Waals surface area contributed by atoms with Gasteiger partial charge in [-0.2, -0.15) is 0 Å². The van der Waals surface area contributed by atoms with Gasteiger partial charge in [-0.25, -0.2) is 4.98 Å². The molecule has 0 aliphatic heterocycles. The van der Waals surface area contributed by atoms with Crippen molar-refractivity contribution in [2.45, 2.75) is 0 Å². The number of benzene rings is 1. The maximum atomic E-state index is 4.79. The quantitative estimate of drug-likeness (QED) is 0.456. The zero-order valence-corrected chi connectivity index (χ0v) is 14.9. The van der Waals surface area contributed by atoms with Gasteiger partial charge < -0.3 is 0 Å². The normalized spacial score (nSPS) is 10.6. The lowest BCUT2D eigenvalue weighted by Crippen LogP contribution is -1.94. The Kier molecular flexibility index (Phi) is 4.36. The number of nitrogens with zero attached hydrogens (tertiary/aromatic N) is 3. The third kappa shape index (κ3) is 3.21. The summed E-state index contributed by atoms with van der Waals surface area (Å²) in [4.78, 5) is 13.8. The fourth-order valence-electron chi connectivity index (χ4n) is 2.73. The molecule has 0 unspecified atom stereocenters. The summed E-state index contributed by atoms with van der Waals surface area (Å²) in [5, 5.41) is 0. The molecule has 0 atom stereocenters. The van der Waals surface area contributed by atoms with E-state index in [2.05, 4.69) is 38.0 Å². The Morgan fingerprint density at radius 2 is 1.28 bits per heavy atom. The first-order valence-electron chi connectivity index (χ1n) is 7.92. The van der Waals surface area contributed by atoms with Gasteiger partial charge in [0.25, 0.3) is 0 Å². The molecule has 3 nitrogen and oxygen atoms in total. The van der Waals surface area contributed by atoms with Crippen molar-refractivity contribution < 1.29 is 0 Å². The van der Waals surface area contributed by atoms with Crippen LogP contribution in [-0.2, 0) is 0 Å². The van der Waals surface area contributed by atoms with Crippen LogP contribution in [0.15, 0.2) is 89.7 Å². The molecule has 0 aliphatic rings. The molecule has 1 aromatic carbocycles. The van der Waals surface area contributed by atoms with E-state index in [1.165, 1.54) is 0 Å². The van der Waals surface area contributed by atoms with Crippen LogP contribution in [0.4, 0.5) is 0 Å². The zero-order valence-electron chi connectivity index (χ0n) is 13.3. The Morgan fingerprint density at radius 3 is 2.12 bits per heavy atom. The van der Waals surface area contributed by atoms with Crippen molar-refractivity contribution in [3.8, 4) is 33.9 Å². The second kappa shape index (κ2) is 6.95. The van der Waals surface area contributed by atoms with E-state index < -0.39 is 0 Å². The SMILES string of the molecule is Brc1ccccc1-c1cccnc1-c1cccc(-c2ccccn2)n1. The second-order valence-corrected chi connectivity index (χ2v) is 6.36. The van der Waals surface area contributed by atoms with Gasteiger partial charge in [-0.15, -0.1) is 0 Å². The first-order valence-corrected chi connectivity index (χ1v) is 8.71. The van der Waals surface area contributed by atoms with Crippen LogP contribution < -0.4 is 0 Å². The molecule has 0 aliphatic carbocycles. The summed E-state index contributed by atoms with van der Waals surface area (Å²) in [5.41, 5.74) is 5.50. The molecular formula is C21H14BrN3. The minimum absolute atomic E-state index is 0.828. The topological polar surface area (TPSA) is 38.7 Å². The van der Waals surface area contributed by atoms with Crippen molar-refractivity contribution in [2.75, 3.05) is 0 Å². The third-order valence-corrected chi connectivity index (χ3v) is 4.58. The molecule has 0 spiro atoms. The summed E-state index contributed by atoms with van der Waals surface area (Å²) in [6.07, 6.45) is 3.57. The van der Waals surface area contributed by atoms with E-state index in [9.17, 15) is 0 Å². The van der Waals surface area contributed by atoms with Gasteiger partial charge in [-0.05, 0) is 42.0 Å². The van der Waals surface area contributed by atoms with Crippen LogP contribution in [0.1, 0.15) is 0 Å². The highest BCUT2D eigenvalue weighted by molar-refractivity contribution is 9.10. The molecule has 4 aromatic rings. The molecule has 4 heteroatoms. The summed E-state index contributed by atoms with van der Waals surface area (Å²) in [6, 6.07) is 23.9. The summed E-state index contributed by atoms with van der Waals surface area (Å²) >= 11 is 3.63. The predicted molar refractivity (Wildman–Crippen MR) is 104 cm³/mol. The minimum Gasteiger partial charge on any atom is -0.255 e. The van der Waals surface area contributed by atoms with Gasteiger partial charge in [-0.1, -0.05) is 52.3 Å². The fourth-order valence-corrected chi connectivity index (χ4v) is 3.23. The van der Waals surface area contributed by atoms with E-state index in [1.807, 2.05) is 60.7 Å². The lowest BCUT2D eigenvalue weighted by Gasteiger charge is -2.11. The van der Waals surface area contributed by atoms with E-state index in [0.29, 0.717) is 0 Å². The van der Waals surface area contributed by atoms with Crippen molar-refractivity contribution in [1.82, 2.24) is 15.0 Å².